The molecule has 1 aliphatic heterocycles. The minimum absolute atomic E-state index is 0.600. The largest absolute Gasteiger partial charge is 0.381 e. The Kier molecular flexibility index (Phi) is 5.69. The molecule has 6 nitrogen and oxygen atoms in total. The molecule has 0 amide bonds. The van der Waals surface area contributed by atoms with Crippen LogP contribution in [0.25, 0.3) is 11.0 Å². The van der Waals surface area contributed by atoms with Gasteiger partial charge in [-0.1, -0.05) is 12.1 Å². The second kappa shape index (κ2) is 8.15. The van der Waals surface area contributed by atoms with E-state index in [1.165, 1.54) is 5.52 Å². The summed E-state index contributed by atoms with van der Waals surface area (Å²) in [5, 5.41) is 6.77. The minimum atomic E-state index is 0.600. The molecule has 1 saturated heterocycles. The Hall–Kier alpha value is -2.08. The van der Waals surface area contributed by atoms with Crippen LogP contribution in [0, 0.1) is 12.8 Å². The van der Waals surface area contributed by atoms with Crippen LogP contribution in [0.15, 0.2) is 29.3 Å². The normalized spacial score (nSPS) is 18.2. The number of para-hydroxylation sites is 2. The zero-order valence-corrected chi connectivity index (χ0v) is 14.6. The first kappa shape index (κ1) is 16.8. The molecule has 2 heterocycles. The molecule has 1 fully saturated rings. The number of imidazole rings is 1. The number of nitrogens with one attached hydrogen (secondary N) is 2. The summed E-state index contributed by atoms with van der Waals surface area (Å²) in [6.45, 7) is 6.57. The molecule has 1 aliphatic rings. The first-order valence-corrected chi connectivity index (χ1v) is 8.72. The van der Waals surface area contributed by atoms with Crippen molar-refractivity contribution in [3.05, 3.63) is 30.1 Å². The maximum Gasteiger partial charge on any atom is 0.190 e. The first-order chi connectivity index (χ1) is 11.8. The number of guanidine groups is 1. The number of rotatable bonds is 6. The summed E-state index contributed by atoms with van der Waals surface area (Å²) >= 11 is 0. The smallest absolute Gasteiger partial charge is 0.190 e. The van der Waals surface area contributed by atoms with E-state index >= 15 is 0 Å². The van der Waals surface area contributed by atoms with Gasteiger partial charge in [0.25, 0.3) is 0 Å². The summed E-state index contributed by atoms with van der Waals surface area (Å²) in [4.78, 5) is 8.90. The van der Waals surface area contributed by atoms with E-state index in [1.807, 2.05) is 13.1 Å². The van der Waals surface area contributed by atoms with Gasteiger partial charge in [-0.15, -0.1) is 0 Å². The Morgan fingerprint density at radius 2 is 2.25 bits per heavy atom. The molecule has 1 aromatic heterocycles. The van der Waals surface area contributed by atoms with Crippen LogP contribution in [0.4, 0.5) is 0 Å². The molecule has 24 heavy (non-hydrogen) atoms. The number of fused-ring (bicyclic) bond motifs is 1. The summed E-state index contributed by atoms with van der Waals surface area (Å²) < 4.78 is 7.68. The predicted octanol–water partition coefficient (Wildman–Crippen LogP) is 1.94. The average Bonchev–Trinajstić information content (AvgIpc) is 3.22. The lowest BCUT2D eigenvalue weighted by Crippen LogP contribution is -2.40. The number of ether oxygens (including phenoxy) is 1. The molecule has 0 bridgehead atoms. The van der Waals surface area contributed by atoms with Crippen LogP contribution < -0.4 is 10.6 Å². The van der Waals surface area contributed by atoms with Crippen molar-refractivity contribution < 1.29 is 4.74 Å². The van der Waals surface area contributed by atoms with Gasteiger partial charge in [0.15, 0.2) is 5.96 Å². The molecule has 3 rings (SSSR count). The maximum atomic E-state index is 5.40. The SMILES string of the molecule is CN=C(NCCCn1c(C)nc2ccccc21)NCC1CCOC1. The van der Waals surface area contributed by atoms with Crippen molar-refractivity contribution in [3.63, 3.8) is 0 Å². The second-order valence-electron chi connectivity index (χ2n) is 6.26. The van der Waals surface area contributed by atoms with Crippen molar-refractivity contribution in [2.45, 2.75) is 26.3 Å². The number of hydrogen-bond acceptors (Lipinski definition) is 3. The van der Waals surface area contributed by atoms with Crippen LogP contribution in [0.2, 0.25) is 0 Å². The van der Waals surface area contributed by atoms with Crippen LogP contribution in [0.5, 0.6) is 0 Å². The zero-order valence-electron chi connectivity index (χ0n) is 14.6. The van der Waals surface area contributed by atoms with E-state index in [-0.39, 0.29) is 0 Å². The van der Waals surface area contributed by atoms with Gasteiger partial charge >= 0.3 is 0 Å². The van der Waals surface area contributed by atoms with Gasteiger partial charge in [-0.3, -0.25) is 4.99 Å². The molecule has 1 unspecified atom stereocenters. The zero-order chi connectivity index (χ0) is 16.8. The quantitative estimate of drug-likeness (QED) is 0.483. The fraction of sp³-hybridized carbons (Fsp3) is 0.556. The van der Waals surface area contributed by atoms with E-state index < -0.39 is 0 Å². The highest BCUT2D eigenvalue weighted by Gasteiger charge is 2.15. The van der Waals surface area contributed by atoms with E-state index in [2.05, 4.69) is 50.3 Å². The molecule has 0 spiro atoms. The Morgan fingerprint density at radius 1 is 1.38 bits per heavy atom. The number of benzene rings is 1. The number of hydrogen-bond donors (Lipinski definition) is 2. The third-order valence-electron chi connectivity index (χ3n) is 4.50. The minimum Gasteiger partial charge on any atom is -0.381 e. The van der Waals surface area contributed by atoms with E-state index in [0.29, 0.717) is 5.92 Å². The van der Waals surface area contributed by atoms with Crippen molar-refractivity contribution >= 4 is 17.0 Å². The lowest BCUT2D eigenvalue weighted by Gasteiger charge is -2.14. The monoisotopic (exact) mass is 329 g/mol. The lowest BCUT2D eigenvalue weighted by molar-refractivity contribution is 0.186. The fourth-order valence-electron chi connectivity index (χ4n) is 3.13. The summed E-state index contributed by atoms with van der Waals surface area (Å²) in [7, 11) is 1.81. The molecule has 1 aromatic carbocycles. The highest BCUT2D eigenvalue weighted by Crippen LogP contribution is 2.15. The third-order valence-corrected chi connectivity index (χ3v) is 4.50. The Bertz CT molecular complexity index is 688. The predicted molar refractivity (Wildman–Crippen MR) is 97.4 cm³/mol. The summed E-state index contributed by atoms with van der Waals surface area (Å²) in [5.41, 5.74) is 2.28. The van der Waals surface area contributed by atoms with Gasteiger partial charge < -0.3 is 19.9 Å². The van der Waals surface area contributed by atoms with Crippen molar-refractivity contribution in [1.82, 2.24) is 20.2 Å². The van der Waals surface area contributed by atoms with Crippen LogP contribution in [0.3, 0.4) is 0 Å². The van der Waals surface area contributed by atoms with Crippen molar-refractivity contribution in [3.8, 4) is 0 Å². The number of aliphatic imine (C=N–C) groups is 1. The highest BCUT2D eigenvalue weighted by atomic mass is 16.5. The van der Waals surface area contributed by atoms with Gasteiger partial charge in [-0.05, 0) is 31.9 Å². The molecule has 0 aliphatic carbocycles. The molecule has 6 heteroatoms. The fourth-order valence-corrected chi connectivity index (χ4v) is 3.13. The molecule has 2 aromatic rings. The van der Waals surface area contributed by atoms with Crippen LogP contribution in [-0.4, -0.2) is 48.9 Å². The van der Waals surface area contributed by atoms with Crippen molar-refractivity contribution in [2.24, 2.45) is 10.9 Å². The van der Waals surface area contributed by atoms with Crippen molar-refractivity contribution in [2.75, 3.05) is 33.4 Å². The van der Waals surface area contributed by atoms with E-state index in [9.17, 15) is 0 Å². The van der Waals surface area contributed by atoms with E-state index in [1.54, 1.807) is 0 Å². The van der Waals surface area contributed by atoms with E-state index in [0.717, 1.165) is 63.0 Å². The molecular weight excluding hydrogens is 302 g/mol. The number of nitrogens with zero attached hydrogens (tertiary/aromatic N) is 3. The molecule has 130 valence electrons. The number of aromatic nitrogens is 2. The Labute approximate surface area is 143 Å². The Balaban J connectivity index is 1.44. The lowest BCUT2D eigenvalue weighted by atomic mass is 10.1. The van der Waals surface area contributed by atoms with E-state index in [4.69, 9.17) is 4.74 Å². The van der Waals surface area contributed by atoms with Crippen molar-refractivity contribution in [1.29, 1.82) is 0 Å². The first-order valence-electron chi connectivity index (χ1n) is 8.72. The van der Waals surface area contributed by atoms with Gasteiger partial charge in [0.1, 0.15) is 5.82 Å². The topological polar surface area (TPSA) is 63.5 Å². The molecule has 1 atom stereocenters. The standard InChI is InChI=1S/C18H27N5O/c1-14-22-16-6-3-4-7-17(16)23(14)10-5-9-20-18(19-2)21-12-15-8-11-24-13-15/h3-4,6-7,15H,5,8-13H2,1-2H3,(H2,19,20,21). The van der Waals surface area contributed by atoms with Gasteiger partial charge in [0, 0.05) is 39.2 Å². The third kappa shape index (κ3) is 4.06. The summed E-state index contributed by atoms with van der Waals surface area (Å²) in [6.07, 6.45) is 2.16. The number of aryl methyl sites for hydroxylation is 2. The van der Waals surface area contributed by atoms with Crippen LogP contribution in [-0.2, 0) is 11.3 Å². The Morgan fingerprint density at radius 3 is 3.04 bits per heavy atom. The average molecular weight is 329 g/mol. The van der Waals surface area contributed by atoms with Crippen LogP contribution in [0.1, 0.15) is 18.7 Å². The van der Waals surface area contributed by atoms with Gasteiger partial charge in [-0.25, -0.2) is 4.98 Å². The van der Waals surface area contributed by atoms with Crippen LogP contribution >= 0.6 is 0 Å². The molecule has 0 radical (unpaired) electrons. The second-order valence-corrected chi connectivity index (χ2v) is 6.26. The molecule has 2 N–H and O–H groups in total. The maximum absolute atomic E-state index is 5.40. The highest BCUT2D eigenvalue weighted by molar-refractivity contribution is 5.79. The molecular formula is C18H27N5O. The van der Waals surface area contributed by atoms with Gasteiger partial charge in [0.05, 0.1) is 17.6 Å². The van der Waals surface area contributed by atoms with Gasteiger partial charge in [-0.2, -0.15) is 0 Å². The summed E-state index contributed by atoms with van der Waals surface area (Å²) in [5.74, 6) is 2.54. The summed E-state index contributed by atoms with van der Waals surface area (Å²) in [6, 6.07) is 8.30. The van der Waals surface area contributed by atoms with Gasteiger partial charge in [0.2, 0.25) is 0 Å². The molecule has 0 saturated carbocycles.